The highest BCUT2D eigenvalue weighted by Gasteiger charge is 2.32. The maximum atomic E-state index is 10.1. The molecule has 1 aromatic rings. The second-order valence-electron chi connectivity index (χ2n) is 6.10. The lowest BCUT2D eigenvalue weighted by Crippen LogP contribution is -2.30. The molecule has 19 heavy (non-hydrogen) atoms. The first-order valence-corrected chi connectivity index (χ1v) is 7.40. The molecule has 1 unspecified atom stereocenters. The van der Waals surface area contributed by atoms with Crippen molar-refractivity contribution in [3.05, 3.63) is 28.8 Å². The molecule has 1 aromatic carbocycles. The van der Waals surface area contributed by atoms with Gasteiger partial charge in [0.2, 0.25) is 0 Å². The monoisotopic (exact) mass is 280 g/mol. The molecule has 1 saturated heterocycles. The zero-order valence-electron chi connectivity index (χ0n) is 11.3. The fraction of sp³-hybridized carbons (Fsp3) is 0.600. The largest absolute Gasteiger partial charge is 0.388 e. The summed E-state index contributed by atoms with van der Waals surface area (Å²) in [5, 5.41) is 14.4. The molecule has 0 radical (unpaired) electrons. The molecule has 2 N–H and O–H groups in total. The first kappa shape index (κ1) is 13.2. The van der Waals surface area contributed by atoms with Crippen molar-refractivity contribution in [3.8, 4) is 0 Å². The van der Waals surface area contributed by atoms with Crippen LogP contribution >= 0.6 is 11.6 Å². The van der Waals surface area contributed by atoms with E-state index < -0.39 is 5.60 Å². The first-order valence-electron chi connectivity index (χ1n) is 7.03. The van der Waals surface area contributed by atoms with E-state index >= 15 is 0 Å². The van der Waals surface area contributed by atoms with Crippen LogP contribution in [0.3, 0.4) is 0 Å². The van der Waals surface area contributed by atoms with Crippen LogP contribution in [0, 0.1) is 0 Å². The predicted molar refractivity (Wildman–Crippen MR) is 78.8 cm³/mol. The van der Waals surface area contributed by atoms with E-state index in [9.17, 15) is 5.11 Å². The lowest BCUT2D eigenvalue weighted by molar-refractivity contribution is 0.0839. The van der Waals surface area contributed by atoms with Gasteiger partial charge in [0.1, 0.15) is 0 Å². The molecule has 2 fully saturated rings. The minimum atomic E-state index is -0.580. The average molecular weight is 281 g/mol. The number of nitrogens with one attached hydrogen (secondary N) is 1. The number of aliphatic hydroxyl groups is 1. The highest BCUT2D eigenvalue weighted by atomic mass is 35.5. The molecule has 0 aromatic heterocycles. The minimum Gasteiger partial charge on any atom is -0.388 e. The lowest BCUT2D eigenvalue weighted by atomic mass is 10.1. The fourth-order valence-corrected chi connectivity index (χ4v) is 2.84. The van der Waals surface area contributed by atoms with Crippen molar-refractivity contribution < 1.29 is 5.11 Å². The van der Waals surface area contributed by atoms with Crippen LogP contribution in [0.15, 0.2) is 18.2 Å². The Kier molecular flexibility index (Phi) is 3.46. The summed E-state index contributed by atoms with van der Waals surface area (Å²) in [7, 11) is 0. The maximum Gasteiger partial charge on any atom is 0.0810 e. The molecule has 1 atom stereocenters. The standard InChI is InChI=1S/C15H21ClN2O/c1-15(19)6-7-18(10-15)14-8-12(16)3-2-11(14)9-17-13-4-5-13/h2-3,8,13,17,19H,4-7,9-10H2,1H3. The van der Waals surface area contributed by atoms with Gasteiger partial charge >= 0.3 is 0 Å². The van der Waals surface area contributed by atoms with Crippen LogP contribution in [0.4, 0.5) is 5.69 Å². The Balaban J connectivity index is 1.79. The summed E-state index contributed by atoms with van der Waals surface area (Å²) in [6, 6.07) is 6.76. The van der Waals surface area contributed by atoms with Gasteiger partial charge in [-0.2, -0.15) is 0 Å². The Labute approximate surface area is 119 Å². The second kappa shape index (κ2) is 4.97. The molecule has 3 nitrogen and oxygen atoms in total. The van der Waals surface area contributed by atoms with E-state index in [1.807, 2.05) is 19.1 Å². The SMILES string of the molecule is CC1(O)CCN(c2cc(Cl)ccc2CNC2CC2)C1. The van der Waals surface area contributed by atoms with Gasteiger partial charge in [-0.3, -0.25) is 0 Å². The zero-order valence-corrected chi connectivity index (χ0v) is 12.1. The zero-order chi connectivity index (χ0) is 13.5. The van der Waals surface area contributed by atoms with Crippen molar-refractivity contribution in [3.63, 3.8) is 0 Å². The molecule has 1 saturated carbocycles. The summed E-state index contributed by atoms with van der Waals surface area (Å²) in [6.45, 7) is 4.36. The summed E-state index contributed by atoms with van der Waals surface area (Å²) >= 11 is 6.13. The third kappa shape index (κ3) is 3.22. The fourth-order valence-electron chi connectivity index (χ4n) is 2.67. The molecule has 0 spiro atoms. The van der Waals surface area contributed by atoms with Gasteiger partial charge in [0.05, 0.1) is 5.60 Å². The van der Waals surface area contributed by atoms with Crippen LogP contribution in [0.5, 0.6) is 0 Å². The number of anilines is 1. The van der Waals surface area contributed by atoms with Crippen molar-refractivity contribution in [2.24, 2.45) is 0 Å². The predicted octanol–water partition coefficient (Wildman–Crippen LogP) is 2.55. The molecule has 1 aliphatic heterocycles. The number of halogens is 1. The third-order valence-electron chi connectivity index (χ3n) is 4.00. The molecule has 3 rings (SSSR count). The summed E-state index contributed by atoms with van der Waals surface area (Å²) in [4.78, 5) is 2.25. The normalized spacial score (nSPS) is 27.0. The Hall–Kier alpha value is -0.770. The maximum absolute atomic E-state index is 10.1. The van der Waals surface area contributed by atoms with Crippen LogP contribution < -0.4 is 10.2 Å². The van der Waals surface area contributed by atoms with E-state index in [0.29, 0.717) is 12.6 Å². The second-order valence-corrected chi connectivity index (χ2v) is 6.53. The summed E-state index contributed by atoms with van der Waals surface area (Å²) in [5.74, 6) is 0. The Morgan fingerprint density at radius 3 is 2.89 bits per heavy atom. The lowest BCUT2D eigenvalue weighted by Gasteiger charge is -2.24. The van der Waals surface area contributed by atoms with Gasteiger partial charge in [0, 0.05) is 36.4 Å². The number of nitrogens with zero attached hydrogens (tertiary/aromatic N) is 1. The van der Waals surface area contributed by atoms with Crippen molar-refractivity contribution in [2.75, 3.05) is 18.0 Å². The average Bonchev–Trinajstić information content (AvgIpc) is 3.11. The van der Waals surface area contributed by atoms with Crippen LogP contribution in [0.1, 0.15) is 31.7 Å². The van der Waals surface area contributed by atoms with Crippen molar-refractivity contribution in [2.45, 2.75) is 44.4 Å². The van der Waals surface area contributed by atoms with E-state index in [1.54, 1.807) is 0 Å². The summed E-state index contributed by atoms with van der Waals surface area (Å²) < 4.78 is 0. The van der Waals surface area contributed by atoms with E-state index in [1.165, 1.54) is 24.1 Å². The van der Waals surface area contributed by atoms with Gasteiger partial charge in [0.15, 0.2) is 0 Å². The topological polar surface area (TPSA) is 35.5 Å². The van der Waals surface area contributed by atoms with Gasteiger partial charge in [-0.05, 0) is 43.9 Å². The molecular formula is C15H21ClN2O. The first-order chi connectivity index (χ1) is 9.03. The molecule has 2 aliphatic rings. The Morgan fingerprint density at radius 1 is 1.47 bits per heavy atom. The molecule has 0 bridgehead atoms. The number of hydrogen-bond donors (Lipinski definition) is 2. The summed E-state index contributed by atoms with van der Waals surface area (Å²) in [5.41, 5.74) is 1.86. The van der Waals surface area contributed by atoms with Crippen molar-refractivity contribution >= 4 is 17.3 Å². The van der Waals surface area contributed by atoms with Crippen LogP contribution in [0.2, 0.25) is 5.02 Å². The Bertz CT molecular complexity index is 471. The molecule has 1 aliphatic carbocycles. The van der Waals surface area contributed by atoms with Gasteiger partial charge in [0.25, 0.3) is 0 Å². The van der Waals surface area contributed by atoms with Crippen molar-refractivity contribution in [1.29, 1.82) is 0 Å². The Morgan fingerprint density at radius 2 is 2.26 bits per heavy atom. The van der Waals surface area contributed by atoms with Crippen LogP contribution in [0.25, 0.3) is 0 Å². The molecule has 4 heteroatoms. The molecule has 0 amide bonds. The number of rotatable bonds is 4. The number of hydrogen-bond acceptors (Lipinski definition) is 3. The van der Waals surface area contributed by atoms with E-state index in [-0.39, 0.29) is 0 Å². The quantitative estimate of drug-likeness (QED) is 0.890. The van der Waals surface area contributed by atoms with E-state index in [4.69, 9.17) is 11.6 Å². The van der Waals surface area contributed by atoms with Crippen LogP contribution in [-0.2, 0) is 6.54 Å². The van der Waals surface area contributed by atoms with Gasteiger partial charge in [-0.25, -0.2) is 0 Å². The minimum absolute atomic E-state index is 0.580. The summed E-state index contributed by atoms with van der Waals surface area (Å²) in [6.07, 6.45) is 3.40. The molecule has 1 heterocycles. The smallest absolute Gasteiger partial charge is 0.0810 e. The molecule has 104 valence electrons. The van der Waals surface area contributed by atoms with E-state index in [0.717, 1.165) is 24.5 Å². The van der Waals surface area contributed by atoms with Crippen molar-refractivity contribution in [1.82, 2.24) is 5.32 Å². The third-order valence-corrected chi connectivity index (χ3v) is 4.23. The van der Waals surface area contributed by atoms with Gasteiger partial charge < -0.3 is 15.3 Å². The van der Waals surface area contributed by atoms with Crippen LogP contribution in [-0.4, -0.2) is 29.8 Å². The van der Waals surface area contributed by atoms with E-state index in [2.05, 4.69) is 16.3 Å². The highest BCUT2D eigenvalue weighted by Crippen LogP contribution is 2.31. The molecular weight excluding hydrogens is 260 g/mol. The van der Waals surface area contributed by atoms with Gasteiger partial charge in [-0.1, -0.05) is 17.7 Å². The number of β-amino-alcohol motifs (C(OH)–C–C–N with tert-alkyl or cyclic N) is 1. The number of benzene rings is 1. The highest BCUT2D eigenvalue weighted by molar-refractivity contribution is 6.30. The van der Waals surface area contributed by atoms with Gasteiger partial charge in [-0.15, -0.1) is 0 Å².